The van der Waals surface area contributed by atoms with E-state index < -0.39 is 17.2 Å². The molecular formula is C25H29F2N3O5. The van der Waals surface area contributed by atoms with Crippen LogP contribution in [0.3, 0.4) is 0 Å². The number of piperidine rings is 1. The summed E-state index contributed by atoms with van der Waals surface area (Å²) in [6.07, 6.45) is 2.83. The van der Waals surface area contributed by atoms with E-state index in [0.717, 1.165) is 31.4 Å². The molecule has 2 aromatic carbocycles. The molecule has 1 aromatic heterocycles. The fourth-order valence-electron chi connectivity index (χ4n) is 4.48. The minimum absolute atomic E-state index is 0. The lowest BCUT2D eigenvalue weighted by Crippen LogP contribution is -2.37. The Bertz CT molecular complexity index is 1280. The highest BCUT2D eigenvalue weighted by Crippen LogP contribution is 2.39. The van der Waals surface area contributed by atoms with Crippen molar-refractivity contribution in [2.24, 2.45) is 0 Å². The van der Waals surface area contributed by atoms with Gasteiger partial charge in [0.1, 0.15) is 17.3 Å². The van der Waals surface area contributed by atoms with E-state index in [2.05, 4.69) is 5.32 Å². The molecule has 35 heavy (non-hydrogen) atoms. The third-order valence-electron chi connectivity index (χ3n) is 6.10. The van der Waals surface area contributed by atoms with Crippen molar-refractivity contribution >= 4 is 28.2 Å². The summed E-state index contributed by atoms with van der Waals surface area (Å²) in [5.74, 6) is -1.09. The van der Waals surface area contributed by atoms with Crippen molar-refractivity contribution in [3.05, 3.63) is 57.9 Å². The van der Waals surface area contributed by atoms with Crippen molar-refractivity contribution in [1.82, 2.24) is 4.57 Å². The number of nitrogens with one attached hydrogen (secondary N) is 1. The second-order valence-corrected chi connectivity index (χ2v) is 8.27. The molecule has 1 aliphatic rings. The normalized spacial score (nSPS) is 13.3. The minimum Gasteiger partial charge on any atom is -0.493 e. The van der Waals surface area contributed by atoms with Gasteiger partial charge < -0.3 is 29.7 Å². The number of ether oxygens (including phenoxy) is 2. The molecule has 188 valence electrons. The van der Waals surface area contributed by atoms with Crippen LogP contribution in [0.4, 0.5) is 20.2 Å². The summed E-state index contributed by atoms with van der Waals surface area (Å²) >= 11 is 0. The fraction of sp³-hybridized carbons (Fsp3) is 0.360. The highest BCUT2D eigenvalue weighted by Gasteiger charge is 2.26. The lowest BCUT2D eigenvalue weighted by Gasteiger charge is -2.31. The quantitative estimate of drug-likeness (QED) is 0.571. The van der Waals surface area contributed by atoms with Crippen LogP contribution in [0.5, 0.6) is 11.5 Å². The number of carbonyl (C=O) groups excluding carboxylic acids is 1. The predicted molar refractivity (Wildman–Crippen MR) is 131 cm³/mol. The van der Waals surface area contributed by atoms with Crippen LogP contribution >= 0.6 is 0 Å². The average Bonchev–Trinajstić information content (AvgIpc) is 2.82. The summed E-state index contributed by atoms with van der Waals surface area (Å²) in [5, 5.41) is 3.32. The third kappa shape index (κ3) is 4.93. The highest BCUT2D eigenvalue weighted by molar-refractivity contribution is 6.06. The van der Waals surface area contributed by atoms with Crippen molar-refractivity contribution in [3.8, 4) is 11.5 Å². The Hall–Kier alpha value is -3.66. The van der Waals surface area contributed by atoms with Gasteiger partial charge in [0.2, 0.25) is 5.91 Å². The molecule has 0 bridgehead atoms. The molecule has 1 aliphatic heterocycles. The number of rotatable bonds is 6. The molecule has 1 fully saturated rings. The number of amides is 1. The topological polar surface area (TPSA) is 104 Å². The van der Waals surface area contributed by atoms with Crippen molar-refractivity contribution in [3.63, 3.8) is 0 Å². The van der Waals surface area contributed by atoms with E-state index in [-0.39, 0.29) is 23.5 Å². The second-order valence-electron chi connectivity index (χ2n) is 8.27. The predicted octanol–water partition coefficient (Wildman–Crippen LogP) is 3.47. The Labute approximate surface area is 201 Å². The molecule has 0 radical (unpaired) electrons. The number of fused-ring (bicyclic) bond motifs is 1. The summed E-state index contributed by atoms with van der Waals surface area (Å²) in [7, 11) is 2.94. The van der Waals surface area contributed by atoms with E-state index in [0.29, 0.717) is 46.9 Å². The monoisotopic (exact) mass is 489 g/mol. The van der Waals surface area contributed by atoms with Gasteiger partial charge >= 0.3 is 0 Å². The first kappa shape index (κ1) is 26.0. The molecule has 0 saturated carbocycles. The summed E-state index contributed by atoms with van der Waals surface area (Å²) in [6.45, 7) is 2.31. The zero-order valence-corrected chi connectivity index (χ0v) is 19.9. The number of nitrogens with zero attached hydrogens (tertiary/aromatic N) is 2. The molecule has 2 heterocycles. The van der Waals surface area contributed by atoms with Gasteiger partial charge in [-0.1, -0.05) is 6.07 Å². The number of carbonyl (C=O) groups is 1. The molecule has 0 spiro atoms. The smallest absolute Gasteiger partial charge is 0.277 e. The van der Waals surface area contributed by atoms with E-state index in [1.54, 1.807) is 12.1 Å². The van der Waals surface area contributed by atoms with Gasteiger partial charge in [0.25, 0.3) is 5.56 Å². The largest absolute Gasteiger partial charge is 0.493 e. The molecule has 3 aromatic rings. The molecule has 1 amide bonds. The molecule has 10 heteroatoms. The van der Waals surface area contributed by atoms with Gasteiger partial charge in [-0.15, -0.1) is 0 Å². The number of anilines is 2. The van der Waals surface area contributed by atoms with E-state index in [9.17, 15) is 18.4 Å². The van der Waals surface area contributed by atoms with Gasteiger partial charge in [-0.25, -0.2) is 8.78 Å². The Morgan fingerprint density at radius 3 is 2.20 bits per heavy atom. The Balaban J connectivity index is 0.00000342. The third-order valence-corrected chi connectivity index (χ3v) is 6.10. The first-order chi connectivity index (χ1) is 16.3. The molecular weight excluding hydrogens is 460 g/mol. The van der Waals surface area contributed by atoms with Gasteiger partial charge in [-0.3, -0.25) is 9.59 Å². The summed E-state index contributed by atoms with van der Waals surface area (Å²) in [4.78, 5) is 28.0. The summed E-state index contributed by atoms with van der Waals surface area (Å²) in [6, 6.07) is 6.85. The maximum absolute atomic E-state index is 14.6. The number of benzene rings is 2. The van der Waals surface area contributed by atoms with Gasteiger partial charge in [0.05, 0.1) is 32.0 Å². The molecule has 0 atom stereocenters. The van der Waals surface area contributed by atoms with Crippen LogP contribution in [-0.4, -0.2) is 43.3 Å². The maximum Gasteiger partial charge on any atom is 0.277 e. The van der Waals surface area contributed by atoms with Crippen LogP contribution in [0, 0.1) is 11.6 Å². The SMILES string of the molecule is COc1cc2c(NC(C)=O)c(N3CCCCC3)c(=O)n(Cc3c(F)cccc3F)c2cc1OC.O. The van der Waals surface area contributed by atoms with Gasteiger partial charge in [-0.05, 0) is 37.5 Å². The van der Waals surface area contributed by atoms with Crippen LogP contribution in [0.15, 0.2) is 35.1 Å². The van der Waals surface area contributed by atoms with E-state index >= 15 is 0 Å². The van der Waals surface area contributed by atoms with Crippen molar-refractivity contribution in [1.29, 1.82) is 0 Å². The Kier molecular flexibility index (Phi) is 7.96. The van der Waals surface area contributed by atoms with E-state index in [1.165, 1.54) is 31.8 Å². The molecule has 0 aliphatic carbocycles. The molecule has 8 nitrogen and oxygen atoms in total. The van der Waals surface area contributed by atoms with E-state index in [4.69, 9.17) is 9.47 Å². The van der Waals surface area contributed by atoms with Crippen LogP contribution in [0.1, 0.15) is 31.7 Å². The number of pyridine rings is 1. The van der Waals surface area contributed by atoms with Gasteiger partial charge in [-0.2, -0.15) is 0 Å². The van der Waals surface area contributed by atoms with Gasteiger partial charge in [0.15, 0.2) is 11.5 Å². The molecule has 0 unspecified atom stereocenters. The maximum atomic E-state index is 14.6. The lowest BCUT2D eigenvalue weighted by molar-refractivity contribution is -0.114. The lowest BCUT2D eigenvalue weighted by atomic mass is 10.1. The Morgan fingerprint density at radius 2 is 1.63 bits per heavy atom. The van der Waals surface area contributed by atoms with E-state index in [1.807, 2.05) is 4.90 Å². The molecule has 1 saturated heterocycles. The number of hydrogen-bond acceptors (Lipinski definition) is 5. The first-order valence-electron chi connectivity index (χ1n) is 11.1. The number of methoxy groups -OCH3 is 2. The number of aromatic nitrogens is 1. The summed E-state index contributed by atoms with van der Waals surface area (Å²) < 4.78 is 41.3. The fourth-order valence-corrected chi connectivity index (χ4v) is 4.48. The van der Waals surface area contributed by atoms with Crippen molar-refractivity contribution < 1.29 is 28.5 Å². The van der Waals surface area contributed by atoms with Crippen LogP contribution in [-0.2, 0) is 11.3 Å². The molecule has 3 N–H and O–H groups in total. The van der Waals surface area contributed by atoms with Crippen LogP contribution < -0.4 is 25.2 Å². The van der Waals surface area contributed by atoms with Crippen LogP contribution in [0.25, 0.3) is 10.9 Å². The van der Waals surface area contributed by atoms with Crippen molar-refractivity contribution in [2.75, 3.05) is 37.5 Å². The second kappa shape index (κ2) is 10.7. The molecule has 4 rings (SSSR count). The van der Waals surface area contributed by atoms with Crippen molar-refractivity contribution in [2.45, 2.75) is 32.7 Å². The van der Waals surface area contributed by atoms with Gasteiger partial charge in [0, 0.05) is 37.0 Å². The standard InChI is InChI=1S/C25H27F2N3O4.H2O/c1-15(31)28-23-16-12-21(33-2)22(34-3)13-20(16)30(14-17-18(26)8-7-9-19(17)27)25(32)24(23)29-10-5-4-6-11-29;/h7-9,12-13H,4-6,10-11,14H2,1-3H3,(H,28,31);1H2. The zero-order valence-electron chi connectivity index (χ0n) is 19.9. The average molecular weight is 490 g/mol. The minimum atomic E-state index is -0.744. The first-order valence-corrected chi connectivity index (χ1v) is 11.1. The van der Waals surface area contributed by atoms with Crippen LogP contribution in [0.2, 0.25) is 0 Å². The number of halogens is 2. The summed E-state index contributed by atoms with van der Waals surface area (Å²) in [5.41, 5.74) is 0.326. The zero-order chi connectivity index (χ0) is 24.4. The number of hydrogen-bond donors (Lipinski definition) is 1. The highest BCUT2D eigenvalue weighted by atomic mass is 19.1. The Morgan fingerprint density at radius 1 is 1.03 bits per heavy atom.